The largest absolute Gasteiger partial charge is 0.336 e. The molecule has 0 aliphatic heterocycles. The van der Waals surface area contributed by atoms with Crippen LogP contribution in [0.5, 0.6) is 0 Å². The Morgan fingerprint density at radius 2 is 2.38 bits per heavy atom. The molecule has 0 aliphatic rings. The summed E-state index contributed by atoms with van der Waals surface area (Å²) in [7, 11) is 0. The molecule has 0 radical (unpaired) electrons. The summed E-state index contributed by atoms with van der Waals surface area (Å²) < 4.78 is 13.2. The number of amides is 1. The molecule has 1 atom stereocenters. The molecule has 1 amide bonds. The lowest BCUT2D eigenvalue weighted by molar-refractivity contribution is 0.0944. The van der Waals surface area contributed by atoms with Crippen molar-refractivity contribution in [1.29, 1.82) is 5.26 Å². The van der Waals surface area contributed by atoms with Crippen LogP contribution in [0.4, 0.5) is 4.39 Å². The Labute approximate surface area is 101 Å². The van der Waals surface area contributed by atoms with Gasteiger partial charge in [0.2, 0.25) is 0 Å². The molecular formula is C11H10BrFN2O. The van der Waals surface area contributed by atoms with Gasteiger partial charge in [-0.25, -0.2) is 4.39 Å². The van der Waals surface area contributed by atoms with Crippen LogP contribution in [0.2, 0.25) is 0 Å². The van der Waals surface area contributed by atoms with E-state index >= 15 is 0 Å². The minimum Gasteiger partial charge on any atom is -0.336 e. The molecule has 1 aromatic carbocycles. The average Bonchev–Trinajstić information content (AvgIpc) is 2.25. The van der Waals surface area contributed by atoms with Crippen molar-refractivity contribution in [3.63, 3.8) is 0 Å². The average molecular weight is 285 g/mol. The minimum absolute atomic E-state index is 0.315. The molecule has 0 aromatic heterocycles. The Balaban J connectivity index is 2.85. The van der Waals surface area contributed by atoms with Gasteiger partial charge in [-0.05, 0) is 40.5 Å². The molecular weight excluding hydrogens is 275 g/mol. The van der Waals surface area contributed by atoms with Gasteiger partial charge in [0, 0.05) is 4.47 Å². The molecule has 0 bridgehead atoms. The van der Waals surface area contributed by atoms with E-state index in [1.165, 1.54) is 18.2 Å². The number of nitriles is 1. The van der Waals surface area contributed by atoms with E-state index in [0.29, 0.717) is 16.5 Å². The summed E-state index contributed by atoms with van der Waals surface area (Å²) in [6, 6.07) is 5.22. The van der Waals surface area contributed by atoms with Gasteiger partial charge in [-0.1, -0.05) is 6.92 Å². The number of carbonyl (C=O) groups is 1. The van der Waals surface area contributed by atoms with Crippen molar-refractivity contribution in [3.05, 3.63) is 34.1 Å². The summed E-state index contributed by atoms with van der Waals surface area (Å²) >= 11 is 3.10. The van der Waals surface area contributed by atoms with Crippen LogP contribution in [0.3, 0.4) is 0 Å². The van der Waals surface area contributed by atoms with Crippen LogP contribution in [-0.2, 0) is 0 Å². The van der Waals surface area contributed by atoms with Gasteiger partial charge in [0.15, 0.2) is 0 Å². The number of carbonyl (C=O) groups excluding carboxylic acids is 1. The van der Waals surface area contributed by atoms with Gasteiger partial charge in [-0.3, -0.25) is 4.79 Å². The van der Waals surface area contributed by atoms with E-state index in [0.717, 1.165) is 0 Å². The zero-order valence-electron chi connectivity index (χ0n) is 8.63. The number of halogens is 2. The van der Waals surface area contributed by atoms with Crippen molar-refractivity contribution in [1.82, 2.24) is 5.32 Å². The van der Waals surface area contributed by atoms with Gasteiger partial charge in [-0.2, -0.15) is 5.26 Å². The normalized spacial score (nSPS) is 11.6. The Kier molecular flexibility index (Phi) is 4.44. The smallest absolute Gasteiger partial charge is 0.253 e. The molecule has 84 valence electrons. The maximum absolute atomic E-state index is 12.8. The fourth-order valence-corrected chi connectivity index (χ4v) is 1.67. The Hall–Kier alpha value is -1.41. The third-order valence-corrected chi connectivity index (χ3v) is 2.70. The second-order valence-electron chi connectivity index (χ2n) is 3.19. The van der Waals surface area contributed by atoms with Crippen LogP contribution in [0.1, 0.15) is 23.7 Å². The molecule has 1 unspecified atom stereocenters. The van der Waals surface area contributed by atoms with E-state index in [4.69, 9.17) is 5.26 Å². The quantitative estimate of drug-likeness (QED) is 0.928. The third kappa shape index (κ3) is 3.04. The van der Waals surface area contributed by atoms with Gasteiger partial charge in [-0.15, -0.1) is 0 Å². The highest BCUT2D eigenvalue weighted by molar-refractivity contribution is 9.10. The van der Waals surface area contributed by atoms with Crippen LogP contribution < -0.4 is 5.32 Å². The van der Waals surface area contributed by atoms with Crippen LogP contribution in [0.25, 0.3) is 0 Å². The lowest BCUT2D eigenvalue weighted by Gasteiger charge is -2.10. The molecule has 1 aromatic rings. The summed E-state index contributed by atoms with van der Waals surface area (Å²) in [4.78, 5) is 11.7. The number of benzene rings is 1. The second kappa shape index (κ2) is 5.61. The minimum atomic E-state index is -0.524. The summed E-state index contributed by atoms with van der Waals surface area (Å²) in [5.74, 6) is -0.809. The molecule has 0 saturated carbocycles. The third-order valence-electron chi connectivity index (χ3n) is 2.05. The lowest BCUT2D eigenvalue weighted by Crippen LogP contribution is -2.33. The Morgan fingerprint density at radius 3 is 2.88 bits per heavy atom. The Bertz CT molecular complexity index is 442. The van der Waals surface area contributed by atoms with Crippen LogP contribution in [-0.4, -0.2) is 11.9 Å². The zero-order chi connectivity index (χ0) is 12.1. The molecule has 0 saturated heterocycles. The van der Waals surface area contributed by atoms with Crippen molar-refractivity contribution < 1.29 is 9.18 Å². The number of hydrogen-bond acceptors (Lipinski definition) is 2. The molecule has 16 heavy (non-hydrogen) atoms. The monoisotopic (exact) mass is 284 g/mol. The number of nitrogens with one attached hydrogen (secondary N) is 1. The molecule has 3 nitrogen and oxygen atoms in total. The van der Waals surface area contributed by atoms with Crippen LogP contribution in [0, 0.1) is 17.1 Å². The van der Waals surface area contributed by atoms with Crippen LogP contribution >= 0.6 is 15.9 Å². The molecule has 0 fully saturated rings. The molecule has 0 heterocycles. The van der Waals surface area contributed by atoms with E-state index in [2.05, 4.69) is 21.2 Å². The lowest BCUT2D eigenvalue weighted by atomic mass is 10.2. The summed E-state index contributed by atoms with van der Waals surface area (Å²) in [5.41, 5.74) is 0.315. The van der Waals surface area contributed by atoms with Crippen molar-refractivity contribution in [3.8, 4) is 6.07 Å². The van der Waals surface area contributed by atoms with Crippen LogP contribution in [0.15, 0.2) is 22.7 Å². The molecule has 0 spiro atoms. The summed E-state index contributed by atoms with van der Waals surface area (Å²) in [6.45, 7) is 1.80. The van der Waals surface area contributed by atoms with Gasteiger partial charge < -0.3 is 5.32 Å². The molecule has 1 rings (SSSR count). The van der Waals surface area contributed by atoms with E-state index in [9.17, 15) is 9.18 Å². The Morgan fingerprint density at radius 1 is 1.69 bits per heavy atom. The summed E-state index contributed by atoms with van der Waals surface area (Å²) in [5, 5.41) is 11.2. The predicted molar refractivity (Wildman–Crippen MR) is 61.3 cm³/mol. The highest BCUT2D eigenvalue weighted by Gasteiger charge is 2.14. The van der Waals surface area contributed by atoms with E-state index < -0.39 is 11.9 Å². The van der Waals surface area contributed by atoms with Gasteiger partial charge in [0.05, 0.1) is 11.6 Å². The molecule has 5 heteroatoms. The maximum atomic E-state index is 12.8. The summed E-state index contributed by atoms with van der Waals surface area (Å²) in [6.07, 6.45) is 0.529. The molecule has 0 aliphatic carbocycles. The fraction of sp³-hybridized carbons (Fsp3) is 0.273. The first kappa shape index (κ1) is 12.7. The highest BCUT2D eigenvalue weighted by atomic mass is 79.9. The first-order chi connectivity index (χ1) is 7.58. The van der Waals surface area contributed by atoms with Gasteiger partial charge in [0.1, 0.15) is 11.9 Å². The van der Waals surface area contributed by atoms with Crippen molar-refractivity contribution >= 4 is 21.8 Å². The maximum Gasteiger partial charge on any atom is 0.253 e. The molecule has 1 N–H and O–H groups in total. The van der Waals surface area contributed by atoms with Crippen molar-refractivity contribution in [2.45, 2.75) is 19.4 Å². The predicted octanol–water partition coefficient (Wildman–Crippen LogP) is 2.62. The number of rotatable bonds is 3. The topological polar surface area (TPSA) is 52.9 Å². The standard InChI is InChI=1S/C11H10BrFN2O/c1-2-8(6-14)15-11(16)9-4-3-7(13)5-10(9)12/h3-5,8H,2H2,1H3,(H,15,16). The highest BCUT2D eigenvalue weighted by Crippen LogP contribution is 2.18. The van der Waals surface area contributed by atoms with Gasteiger partial charge in [0.25, 0.3) is 5.91 Å². The first-order valence-electron chi connectivity index (χ1n) is 4.74. The van der Waals surface area contributed by atoms with E-state index in [1.807, 2.05) is 6.07 Å². The van der Waals surface area contributed by atoms with Gasteiger partial charge >= 0.3 is 0 Å². The fourth-order valence-electron chi connectivity index (χ4n) is 1.14. The van der Waals surface area contributed by atoms with Crippen molar-refractivity contribution in [2.24, 2.45) is 0 Å². The first-order valence-corrected chi connectivity index (χ1v) is 5.53. The SMILES string of the molecule is CCC(C#N)NC(=O)c1ccc(F)cc1Br. The second-order valence-corrected chi connectivity index (χ2v) is 4.04. The van der Waals surface area contributed by atoms with E-state index in [-0.39, 0.29) is 5.91 Å². The van der Waals surface area contributed by atoms with Crippen molar-refractivity contribution in [2.75, 3.05) is 0 Å². The number of hydrogen-bond donors (Lipinski definition) is 1. The number of nitrogens with zero attached hydrogens (tertiary/aromatic N) is 1. The van der Waals surface area contributed by atoms with E-state index in [1.54, 1.807) is 6.92 Å². The zero-order valence-corrected chi connectivity index (χ0v) is 10.2.